The van der Waals surface area contributed by atoms with Gasteiger partial charge in [-0.3, -0.25) is 14.7 Å². The number of anilines is 2. The molecular weight excluding hydrogens is 350 g/mol. The van der Waals surface area contributed by atoms with Crippen LogP contribution in [0.4, 0.5) is 11.5 Å². The third kappa shape index (κ3) is 4.53. The highest BCUT2D eigenvalue weighted by Gasteiger charge is 2.18. The van der Waals surface area contributed by atoms with Crippen molar-refractivity contribution in [2.45, 2.75) is 6.54 Å². The van der Waals surface area contributed by atoms with Gasteiger partial charge in [-0.2, -0.15) is 0 Å². The van der Waals surface area contributed by atoms with Crippen LogP contribution in [0.2, 0.25) is 0 Å². The molecule has 0 unspecified atom stereocenters. The number of carbonyl (C=O) groups is 1. The number of hydrogen-bond donors (Lipinski definition) is 1. The first-order valence-electron chi connectivity index (χ1n) is 9.46. The molecular formula is C22H23N5O. The third-order valence-corrected chi connectivity index (χ3v) is 4.87. The fraction of sp³-hybridized carbons (Fsp3) is 0.227. The number of piperazine rings is 1. The van der Waals surface area contributed by atoms with Gasteiger partial charge in [0.05, 0.1) is 6.20 Å². The normalized spacial score (nSPS) is 14.6. The number of nitrogens with one attached hydrogen (secondary N) is 1. The molecule has 6 nitrogen and oxygen atoms in total. The van der Waals surface area contributed by atoms with Gasteiger partial charge < -0.3 is 10.2 Å². The van der Waals surface area contributed by atoms with Crippen LogP contribution in [0, 0.1) is 0 Å². The second kappa shape index (κ2) is 8.63. The van der Waals surface area contributed by atoms with Gasteiger partial charge in [0.1, 0.15) is 5.82 Å². The van der Waals surface area contributed by atoms with Crippen LogP contribution < -0.4 is 10.2 Å². The summed E-state index contributed by atoms with van der Waals surface area (Å²) in [6, 6.07) is 17.4. The van der Waals surface area contributed by atoms with E-state index >= 15 is 0 Å². The van der Waals surface area contributed by atoms with E-state index < -0.39 is 0 Å². The van der Waals surface area contributed by atoms with Crippen LogP contribution in [-0.2, 0) is 6.54 Å². The molecule has 2 heterocycles. The fourth-order valence-corrected chi connectivity index (χ4v) is 3.38. The van der Waals surface area contributed by atoms with Gasteiger partial charge in [-0.05, 0) is 29.8 Å². The van der Waals surface area contributed by atoms with E-state index in [1.54, 1.807) is 12.4 Å². The summed E-state index contributed by atoms with van der Waals surface area (Å²) < 4.78 is 0. The Balaban J connectivity index is 1.34. The van der Waals surface area contributed by atoms with Gasteiger partial charge in [0.2, 0.25) is 0 Å². The van der Waals surface area contributed by atoms with Gasteiger partial charge in [-0.25, -0.2) is 4.98 Å². The Bertz CT molecular complexity index is 908. The first-order valence-corrected chi connectivity index (χ1v) is 9.46. The molecule has 4 rings (SSSR count). The molecule has 0 spiro atoms. The van der Waals surface area contributed by atoms with E-state index in [-0.39, 0.29) is 5.91 Å². The Labute approximate surface area is 164 Å². The number of benzene rings is 2. The van der Waals surface area contributed by atoms with Crippen molar-refractivity contribution < 1.29 is 4.79 Å². The van der Waals surface area contributed by atoms with Gasteiger partial charge in [0, 0.05) is 56.4 Å². The Morgan fingerprint density at radius 2 is 1.79 bits per heavy atom. The lowest BCUT2D eigenvalue weighted by Crippen LogP contribution is -2.46. The SMILES string of the molecule is O=C(Nc1ccccc1)c1cccc(CN2CCN(c3cnccn3)CC2)c1. The quantitative estimate of drug-likeness (QED) is 0.745. The minimum absolute atomic E-state index is 0.0829. The number of rotatable bonds is 5. The molecule has 1 aromatic heterocycles. The summed E-state index contributed by atoms with van der Waals surface area (Å²) in [5, 5.41) is 2.94. The molecule has 1 aliphatic heterocycles. The smallest absolute Gasteiger partial charge is 0.255 e. The molecule has 0 atom stereocenters. The maximum Gasteiger partial charge on any atom is 0.255 e. The second-order valence-corrected chi connectivity index (χ2v) is 6.85. The molecule has 142 valence electrons. The summed E-state index contributed by atoms with van der Waals surface area (Å²) in [5.41, 5.74) is 2.63. The summed E-state index contributed by atoms with van der Waals surface area (Å²) in [6.07, 6.45) is 5.23. The van der Waals surface area contributed by atoms with Crippen molar-refractivity contribution >= 4 is 17.4 Å². The predicted octanol–water partition coefficient (Wildman–Crippen LogP) is 3.05. The summed E-state index contributed by atoms with van der Waals surface area (Å²) in [4.78, 5) is 25.7. The zero-order valence-corrected chi connectivity index (χ0v) is 15.7. The molecule has 1 fully saturated rings. The average Bonchev–Trinajstić information content (AvgIpc) is 2.76. The molecule has 0 bridgehead atoms. The zero-order valence-electron chi connectivity index (χ0n) is 15.7. The van der Waals surface area contributed by atoms with E-state index in [0.717, 1.165) is 49.8 Å². The Morgan fingerprint density at radius 3 is 2.54 bits per heavy atom. The monoisotopic (exact) mass is 373 g/mol. The molecule has 1 saturated heterocycles. The molecule has 1 amide bonds. The largest absolute Gasteiger partial charge is 0.353 e. The number of para-hydroxylation sites is 1. The second-order valence-electron chi connectivity index (χ2n) is 6.85. The topological polar surface area (TPSA) is 61.4 Å². The lowest BCUT2D eigenvalue weighted by Gasteiger charge is -2.35. The first kappa shape index (κ1) is 18.1. The molecule has 0 saturated carbocycles. The zero-order chi connectivity index (χ0) is 19.2. The lowest BCUT2D eigenvalue weighted by atomic mass is 10.1. The van der Waals surface area contributed by atoms with Crippen LogP contribution in [0.3, 0.4) is 0 Å². The summed E-state index contributed by atoms with van der Waals surface area (Å²) in [6.45, 7) is 4.59. The van der Waals surface area contributed by atoms with Crippen molar-refractivity contribution in [2.75, 3.05) is 36.4 Å². The standard InChI is InChI=1S/C22H23N5O/c28-22(25-20-7-2-1-3-8-20)19-6-4-5-18(15-19)17-26-11-13-27(14-12-26)21-16-23-9-10-24-21/h1-10,15-16H,11-14,17H2,(H,25,28). The van der Waals surface area contributed by atoms with E-state index in [1.165, 1.54) is 0 Å². The Morgan fingerprint density at radius 1 is 0.964 bits per heavy atom. The van der Waals surface area contributed by atoms with Crippen LogP contribution >= 0.6 is 0 Å². The molecule has 0 radical (unpaired) electrons. The van der Waals surface area contributed by atoms with Crippen LogP contribution in [-0.4, -0.2) is 47.0 Å². The summed E-state index contributed by atoms with van der Waals surface area (Å²) in [7, 11) is 0. The summed E-state index contributed by atoms with van der Waals surface area (Å²) >= 11 is 0. The van der Waals surface area contributed by atoms with E-state index in [9.17, 15) is 4.79 Å². The number of nitrogens with zero attached hydrogens (tertiary/aromatic N) is 4. The molecule has 0 aliphatic carbocycles. The van der Waals surface area contributed by atoms with Crippen molar-refractivity contribution in [3.05, 3.63) is 84.3 Å². The minimum Gasteiger partial charge on any atom is -0.353 e. The molecule has 3 aromatic rings. The molecule has 1 aliphatic rings. The highest BCUT2D eigenvalue weighted by molar-refractivity contribution is 6.04. The van der Waals surface area contributed by atoms with Gasteiger partial charge in [0.25, 0.3) is 5.91 Å². The lowest BCUT2D eigenvalue weighted by molar-refractivity contribution is 0.102. The van der Waals surface area contributed by atoms with Gasteiger partial charge in [0.15, 0.2) is 0 Å². The minimum atomic E-state index is -0.0829. The maximum absolute atomic E-state index is 12.5. The molecule has 2 aromatic carbocycles. The van der Waals surface area contributed by atoms with Gasteiger partial charge in [-0.1, -0.05) is 30.3 Å². The molecule has 6 heteroatoms. The predicted molar refractivity (Wildman–Crippen MR) is 110 cm³/mol. The Hall–Kier alpha value is -3.25. The number of carbonyl (C=O) groups excluding carboxylic acids is 1. The average molecular weight is 373 g/mol. The Kier molecular flexibility index (Phi) is 5.58. The highest BCUT2D eigenvalue weighted by atomic mass is 16.1. The van der Waals surface area contributed by atoms with Crippen molar-refractivity contribution in [3.8, 4) is 0 Å². The van der Waals surface area contributed by atoms with E-state index in [0.29, 0.717) is 5.56 Å². The first-order chi connectivity index (χ1) is 13.8. The van der Waals surface area contributed by atoms with Crippen LogP contribution in [0.15, 0.2) is 73.2 Å². The van der Waals surface area contributed by atoms with Crippen molar-refractivity contribution in [1.29, 1.82) is 0 Å². The highest BCUT2D eigenvalue weighted by Crippen LogP contribution is 2.15. The molecule has 1 N–H and O–H groups in total. The van der Waals surface area contributed by atoms with Crippen LogP contribution in [0.5, 0.6) is 0 Å². The van der Waals surface area contributed by atoms with Gasteiger partial charge in [-0.15, -0.1) is 0 Å². The number of aromatic nitrogens is 2. The molecule has 28 heavy (non-hydrogen) atoms. The van der Waals surface area contributed by atoms with Crippen molar-refractivity contribution in [2.24, 2.45) is 0 Å². The number of hydrogen-bond acceptors (Lipinski definition) is 5. The van der Waals surface area contributed by atoms with Crippen molar-refractivity contribution in [1.82, 2.24) is 14.9 Å². The van der Waals surface area contributed by atoms with Crippen LogP contribution in [0.1, 0.15) is 15.9 Å². The van der Waals surface area contributed by atoms with Gasteiger partial charge >= 0.3 is 0 Å². The summed E-state index contributed by atoms with van der Waals surface area (Å²) in [5.74, 6) is 0.849. The van der Waals surface area contributed by atoms with Crippen LogP contribution in [0.25, 0.3) is 0 Å². The van der Waals surface area contributed by atoms with Crippen molar-refractivity contribution in [3.63, 3.8) is 0 Å². The van der Waals surface area contributed by atoms with E-state index in [2.05, 4.69) is 31.2 Å². The fourth-order valence-electron chi connectivity index (χ4n) is 3.38. The van der Waals surface area contributed by atoms with E-state index in [1.807, 2.05) is 54.7 Å². The van der Waals surface area contributed by atoms with E-state index in [4.69, 9.17) is 0 Å². The maximum atomic E-state index is 12.5. The third-order valence-electron chi connectivity index (χ3n) is 4.87. The number of amides is 1.